The van der Waals surface area contributed by atoms with Gasteiger partial charge in [-0.1, -0.05) is 18.5 Å². The number of fused-ring (bicyclic) bond motifs is 2. The second-order valence-electron chi connectivity index (χ2n) is 8.57. The van der Waals surface area contributed by atoms with Gasteiger partial charge >= 0.3 is 0 Å². The van der Waals surface area contributed by atoms with Gasteiger partial charge in [-0.25, -0.2) is 15.0 Å². The standard InChI is InChI=1S/C22H27ClN6O/c1-3-22(30)5-8-28(9-6-22)21-16-12-29(14(2)10-17(16)25-13-26-21)18-11-19(23)27-20-15(18)4-7-24-20/h4,7,11,13-14,30H,3,5-6,8-10,12H2,1-2H3,(H,24,27)/t14-/m1/s1. The van der Waals surface area contributed by atoms with Crippen molar-refractivity contribution in [3.63, 3.8) is 0 Å². The molecule has 8 heteroatoms. The lowest BCUT2D eigenvalue weighted by molar-refractivity contribution is 0.0124. The monoisotopic (exact) mass is 426 g/mol. The van der Waals surface area contributed by atoms with Crippen molar-refractivity contribution in [2.75, 3.05) is 22.9 Å². The van der Waals surface area contributed by atoms with Gasteiger partial charge in [-0.05, 0) is 38.3 Å². The summed E-state index contributed by atoms with van der Waals surface area (Å²) in [6.07, 6.45) is 6.77. The fraction of sp³-hybridized carbons (Fsp3) is 0.500. The first kappa shape index (κ1) is 19.6. The van der Waals surface area contributed by atoms with Gasteiger partial charge < -0.3 is 19.9 Å². The Morgan fingerprint density at radius 1 is 1.30 bits per heavy atom. The number of nitrogens with one attached hydrogen (secondary N) is 1. The average Bonchev–Trinajstić information content (AvgIpc) is 3.21. The SMILES string of the molecule is CCC1(O)CCN(c2ncnc3c2CN(c2cc(Cl)nc4[nH]ccc24)[C@H](C)C3)CC1. The molecule has 2 N–H and O–H groups in total. The van der Waals surface area contributed by atoms with Crippen molar-refractivity contribution in [1.82, 2.24) is 19.9 Å². The minimum Gasteiger partial charge on any atom is -0.390 e. The summed E-state index contributed by atoms with van der Waals surface area (Å²) in [5.74, 6) is 1.00. The highest BCUT2D eigenvalue weighted by atomic mass is 35.5. The molecule has 5 heterocycles. The zero-order valence-corrected chi connectivity index (χ0v) is 18.2. The molecule has 0 aromatic carbocycles. The summed E-state index contributed by atoms with van der Waals surface area (Å²) in [4.78, 5) is 21.5. The number of hydrogen-bond donors (Lipinski definition) is 2. The van der Waals surface area contributed by atoms with Crippen molar-refractivity contribution in [3.05, 3.63) is 41.1 Å². The van der Waals surface area contributed by atoms with Crippen LogP contribution in [0.5, 0.6) is 0 Å². The minimum absolute atomic E-state index is 0.281. The van der Waals surface area contributed by atoms with Crippen LogP contribution in [0.2, 0.25) is 5.15 Å². The fourth-order valence-corrected chi connectivity index (χ4v) is 4.99. The third-order valence-corrected chi connectivity index (χ3v) is 6.99. The molecule has 2 aliphatic heterocycles. The van der Waals surface area contributed by atoms with Crippen molar-refractivity contribution in [1.29, 1.82) is 0 Å². The van der Waals surface area contributed by atoms with Gasteiger partial charge in [-0.3, -0.25) is 0 Å². The molecule has 0 saturated carbocycles. The molecule has 30 heavy (non-hydrogen) atoms. The van der Waals surface area contributed by atoms with Gasteiger partial charge in [0, 0.05) is 49.2 Å². The Morgan fingerprint density at radius 3 is 2.87 bits per heavy atom. The molecule has 0 spiro atoms. The topological polar surface area (TPSA) is 81.2 Å². The van der Waals surface area contributed by atoms with E-state index in [1.807, 2.05) is 12.3 Å². The first-order chi connectivity index (χ1) is 14.5. The lowest BCUT2D eigenvalue weighted by atomic mass is 9.88. The van der Waals surface area contributed by atoms with E-state index in [1.54, 1.807) is 6.33 Å². The van der Waals surface area contributed by atoms with Gasteiger partial charge in [-0.2, -0.15) is 0 Å². The summed E-state index contributed by atoms with van der Waals surface area (Å²) >= 11 is 6.33. The molecule has 3 aromatic heterocycles. The van der Waals surface area contributed by atoms with E-state index in [0.29, 0.717) is 5.15 Å². The molecule has 0 radical (unpaired) electrons. The number of H-pyrrole nitrogens is 1. The number of halogens is 1. The maximum Gasteiger partial charge on any atom is 0.141 e. The van der Waals surface area contributed by atoms with Crippen molar-refractivity contribution in [3.8, 4) is 0 Å². The zero-order valence-electron chi connectivity index (χ0n) is 17.4. The van der Waals surface area contributed by atoms with E-state index in [0.717, 1.165) is 73.6 Å². The first-order valence-corrected chi connectivity index (χ1v) is 11.1. The molecule has 0 bridgehead atoms. The van der Waals surface area contributed by atoms with Crippen LogP contribution in [0.25, 0.3) is 11.0 Å². The Kier molecular flexibility index (Phi) is 4.82. The largest absolute Gasteiger partial charge is 0.390 e. The quantitative estimate of drug-likeness (QED) is 0.621. The lowest BCUT2D eigenvalue weighted by Crippen LogP contribution is -2.46. The highest BCUT2D eigenvalue weighted by molar-refractivity contribution is 6.30. The number of pyridine rings is 1. The molecule has 0 unspecified atom stereocenters. The average molecular weight is 427 g/mol. The van der Waals surface area contributed by atoms with Crippen LogP contribution >= 0.6 is 11.6 Å². The van der Waals surface area contributed by atoms with Crippen molar-refractivity contribution < 1.29 is 5.11 Å². The summed E-state index contributed by atoms with van der Waals surface area (Å²) < 4.78 is 0. The molecule has 158 valence electrons. The zero-order chi connectivity index (χ0) is 20.9. The number of piperidine rings is 1. The second-order valence-corrected chi connectivity index (χ2v) is 8.96. The Balaban J connectivity index is 1.50. The van der Waals surface area contributed by atoms with Crippen molar-refractivity contribution in [2.45, 2.75) is 57.7 Å². The van der Waals surface area contributed by atoms with Gasteiger partial charge in [0.2, 0.25) is 0 Å². The normalized spacial score (nSPS) is 21.1. The fourth-order valence-electron chi connectivity index (χ4n) is 4.80. The Morgan fingerprint density at radius 2 is 2.10 bits per heavy atom. The van der Waals surface area contributed by atoms with E-state index < -0.39 is 5.60 Å². The Bertz CT molecular complexity index is 1070. The van der Waals surface area contributed by atoms with Crippen LogP contribution in [0.1, 0.15) is 44.4 Å². The number of anilines is 2. The number of aliphatic hydroxyl groups is 1. The minimum atomic E-state index is -0.544. The van der Waals surface area contributed by atoms with Crippen LogP contribution in [0, 0.1) is 0 Å². The van der Waals surface area contributed by atoms with Crippen LogP contribution < -0.4 is 9.80 Å². The summed E-state index contributed by atoms with van der Waals surface area (Å²) in [7, 11) is 0. The predicted octanol–water partition coefficient (Wildman–Crippen LogP) is 3.70. The molecule has 1 saturated heterocycles. The molecule has 7 nitrogen and oxygen atoms in total. The van der Waals surface area contributed by atoms with Gasteiger partial charge in [0.25, 0.3) is 0 Å². The van der Waals surface area contributed by atoms with Crippen LogP contribution in [0.4, 0.5) is 11.5 Å². The van der Waals surface area contributed by atoms with Gasteiger partial charge in [0.05, 0.1) is 17.0 Å². The molecule has 3 aromatic rings. The third-order valence-electron chi connectivity index (χ3n) is 6.80. The summed E-state index contributed by atoms with van der Waals surface area (Å²) in [6.45, 7) is 6.63. The number of hydrogen-bond acceptors (Lipinski definition) is 6. The molecule has 0 aliphatic carbocycles. The Labute approximate surface area is 181 Å². The summed E-state index contributed by atoms with van der Waals surface area (Å²) in [6, 6.07) is 4.28. The number of aromatic nitrogens is 4. The van der Waals surface area contributed by atoms with E-state index in [1.165, 1.54) is 5.56 Å². The van der Waals surface area contributed by atoms with E-state index in [4.69, 9.17) is 11.6 Å². The summed E-state index contributed by atoms with van der Waals surface area (Å²) in [5, 5.41) is 12.2. The first-order valence-electron chi connectivity index (χ1n) is 10.7. The van der Waals surface area contributed by atoms with Crippen molar-refractivity contribution >= 4 is 34.1 Å². The maximum atomic E-state index is 10.6. The van der Waals surface area contributed by atoms with Crippen molar-refractivity contribution in [2.24, 2.45) is 0 Å². The highest BCUT2D eigenvalue weighted by Crippen LogP contribution is 2.37. The van der Waals surface area contributed by atoms with E-state index >= 15 is 0 Å². The van der Waals surface area contributed by atoms with Gasteiger partial charge in [0.15, 0.2) is 0 Å². The smallest absolute Gasteiger partial charge is 0.141 e. The predicted molar refractivity (Wildman–Crippen MR) is 119 cm³/mol. The Hall–Kier alpha value is -2.38. The number of nitrogens with zero attached hydrogens (tertiary/aromatic N) is 5. The van der Waals surface area contributed by atoms with Gasteiger partial charge in [-0.15, -0.1) is 0 Å². The second kappa shape index (κ2) is 7.39. The maximum absolute atomic E-state index is 10.6. The van der Waals surface area contributed by atoms with E-state index in [2.05, 4.69) is 49.6 Å². The molecule has 1 atom stereocenters. The lowest BCUT2D eigenvalue weighted by Gasteiger charge is -2.41. The van der Waals surface area contributed by atoms with Gasteiger partial charge in [0.1, 0.15) is 22.9 Å². The van der Waals surface area contributed by atoms with E-state index in [-0.39, 0.29) is 6.04 Å². The molecule has 1 fully saturated rings. The molecular formula is C22H27ClN6O. The molecule has 0 amide bonds. The highest BCUT2D eigenvalue weighted by Gasteiger charge is 2.34. The number of rotatable bonds is 3. The molecular weight excluding hydrogens is 400 g/mol. The van der Waals surface area contributed by atoms with Crippen LogP contribution in [0.3, 0.4) is 0 Å². The van der Waals surface area contributed by atoms with Crippen LogP contribution in [0.15, 0.2) is 24.7 Å². The third kappa shape index (κ3) is 3.30. The molecule has 2 aliphatic rings. The van der Waals surface area contributed by atoms with E-state index in [9.17, 15) is 5.11 Å². The molecule has 5 rings (SSSR count). The summed E-state index contributed by atoms with van der Waals surface area (Å²) in [5.41, 5.74) is 3.63. The van der Waals surface area contributed by atoms with Crippen LogP contribution in [-0.4, -0.2) is 49.8 Å². The number of aromatic amines is 1. The van der Waals surface area contributed by atoms with Crippen LogP contribution in [-0.2, 0) is 13.0 Å².